The maximum Gasteiger partial charge on any atom is 0.172 e. The summed E-state index contributed by atoms with van der Waals surface area (Å²) >= 11 is 6.21. The van der Waals surface area contributed by atoms with Gasteiger partial charge in [-0.2, -0.15) is 0 Å². The van der Waals surface area contributed by atoms with Crippen molar-refractivity contribution in [2.45, 2.75) is 19.3 Å². The normalized spacial score (nSPS) is 12.3. The molecule has 2 rings (SSSR count). The predicted octanol–water partition coefficient (Wildman–Crippen LogP) is 5.30. The first-order chi connectivity index (χ1) is 10.1. The van der Waals surface area contributed by atoms with Crippen LogP contribution in [0.15, 0.2) is 48.5 Å². The van der Waals surface area contributed by atoms with Gasteiger partial charge in [-0.05, 0) is 30.5 Å². The zero-order valence-electron chi connectivity index (χ0n) is 11.8. The smallest absolute Gasteiger partial charge is 0.172 e. The zero-order valence-corrected chi connectivity index (χ0v) is 13.4. The summed E-state index contributed by atoms with van der Waals surface area (Å²) in [6.07, 6.45) is 0.993. The Morgan fingerprint density at radius 2 is 1.86 bits per heavy atom. The first-order valence-corrected chi connectivity index (χ1v) is 8.16. The zero-order chi connectivity index (χ0) is 15.2. The minimum atomic E-state index is -0.314. The highest BCUT2D eigenvalue weighted by molar-refractivity contribution is 7.23. The van der Waals surface area contributed by atoms with Crippen LogP contribution in [-0.2, 0) is 4.57 Å². The highest BCUT2D eigenvalue weighted by Gasteiger charge is 2.24. The summed E-state index contributed by atoms with van der Waals surface area (Å²) in [5.41, 5.74) is 2.37. The Bertz CT molecular complexity index is 620. The molecule has 4 heteroatoms. The Morgan fingerprint density at radius 3 is 2.48 bits per heavy atom. The van der Waals surface area contributed by atoms with E-state index in [1.54, 1.807) is 6.07 Å². The van der Waals surface area contributed by atoms with Gasteiger partial charge in [0.1, 0.15) is 0 Å². The summed E-state index contributed by atoms with van der Waals surface area (Å²) in [5.74, 6) is -0.320. The standard InChI is InChI=1S/C17H16ClO2P/c1-12-6-5-9-15(18)16(12)17(19)14(10-11-21-20)13-7-3-2-4-8-13/h2-9,14H,10-11H2,1H3. The molecule has 0 bridgehead atoms. The van der Waals surface area contributed by atoms with Crippen molar-refractivity contribution < 1.29 is 9.36 Å². The number of hydrogen-bond acceptors (Lipinski definition) is 2. The first kappa shape index (κ1) is 15.9. The van der Waals surface area contributed by atoms with Crippen molar-refractivity contribution >= 4 is 25.8 Å². The number of benzene rings is 2. The van der Waals surface area contributed by atoms with Crippen LogP contribution in [0.25, 0.3) is 0 Å². The van der Waals surface area contributed by atoms with Crippen molar-refractivity contribution in [1.29, 1.82) is 0 Å². The highest BCUT2D eigenvalue weighted by atomic mass is 35.5. The van der Waals surface area contributed by atoms with Gasteiger partial charge in [-0.1, -0.05) is 54.1 Å². The average molecular weight is 319 g/mol. The van der Waals surface area contributed by atoms with Gasteiger partial charge in [0.05, 0.1) is 5.02 Å². The van der Waals surface area contributed by atoms with Crippen LogP contribution in [0.2, 0.25) is 5.02 Å². The highest BCUT2D eigenvalue weighted by Crippen LogP contribution is 2.30. The molecule has 2 aromatic carbocycles. The van der Waals surface area contributed by atoms with Gasteiger partial charge in [-0.15, -0.1) is 0 Å². The lowest BCUT2D eigenvalue weighted by Crippen LogP contribution is -2.15. The van der Waals surface area contributed by atoms with Crippen LogP contribution in [0.4, 0.5) is 0 Å². The van der Waals surface area contributed by atoms with Crippen molar-refractivity contribution in [3.63, 3.8) is 0 Å². The Kier molecular flexibility index (Phi) is 5.67. The third-order valence-corrected chi connectivity index (χ3v) is 4.25. The average Bonchev–Trinajstić information content (AvgIpc) is 2.48. The van der Waals surface area contributed by atoms with E-state index in [0.29, 0.717) is 23.2 Å². The SMILES string of the molecule is Cc1cccc(Cl)c1C(=O)C(CCP=O)c1ccccc1. The molecule has 0 fully saturated rings. The van der Waals surface area contributed by atoms with Crippen LogP contribution in [0.5, 0.6) is 0 Å². The summed E-state index contributed by atoms with van der Waals surface area (Å²) in [4.78, 5) is 12.9. The third-order valence-electron chi connectivity index (χ3n) is 3.50. The summed E-state index contributed by atoms with van der Waals surface area (Å²) in [6, 6.07) is 15.0. The van der Waals surface area contributed by atoms with Crippen molar-refractivity contribution in [2.24, 2.45) is 0 Å². The Balaban J connectivity index is 2.41. The number of rotatable bonds is 6. The molecule has 2 nitrogen and oxygen atoms in total. The minimum absolute atomic E-state index is 0.00653. The number of carbonyl (C=O) groups excluding carboxylic acids is 1. The molecule has 0 amide bonds. The first-order valence-electron chi connectivity index (χ1n) is 6.78. The molecule has 0 aliphatic heterocycles. The van der Waals surface area contributed by atoms with Crippen LogP contribution in [0.1, 0.15) is 33.8 Å². The maximum absolute atomic E-state index is 12.9. The molecule has 0 aliphatic rings. The molecule has 21 heavy (non-hydrogen) atoms. The quantitative estimate of drug-likeness (QED) is 0.535. The van der Waals surface area contributed by atoms with E-state index in [0.717, 1.165) is 11.1 Å². The summed E-state index contributed by atoms with van der Waals surface area (Å²) < 4.78 is 10.8. The maximum atomic E-state index is 12.9. The lowest BCUT2D eigenvalue weighted by atomic mass is 9.87. The van der Waals surface area contributed by atoms with E-state index in [2.05, 4.69) is 0 Å². The number of hydrogen-bond donors (Lipinski definition) is 0. The second-order valence-electron chi connectivity index (χ2n) is 4.90. The van der Waals surface area contributed by atoms with Crippen molar-refractivity contribution in [2.75, 3.05) is 6.16 Å². The topological polar surface area (TPSA) is 34.1 Å². The van der Waals surface area contributed by atoms with Gasteiger partial charge in [-0.25, -0.2) is 0 Å². The lowest BCUT2D eigenvalue weighted by molar-refractivity contribution is 0.0957. The van der Waals surface area contributed by atoms with Crippen LogP contribution in [0.3, 0.4) is 0 Å². The number of carbonyl (C=O) groups is 1. The van der Waals surface area contributed by atoms with E-state index in [-0.39, 0.29) is 20.2 Å². The van der Waals surface area contributed by atoms with E-state index in [1.807, 2.05) is 49.4 Å². The van der Waals surface area contributed by atoms with E-state index in [1.165, 1.54) is 0 Å². The van der Waals surface area contributed by atoms with Gasteiger partial charge >= 0.3 is 0 Å². The number of halogens is 1. The molecule has 0 N–H and O–H groups in total. The number of aryl methyl sites for hydroxylation is 1. The molecule has 0 heterocycles. The number of ketones is 1. The molecule has 2 aromatic rings. The van der Waals surface area contributed by atoms with Crippen LogP contribution < -0.4 is 0 Å². The van der Waals surface area contributed by atoms with Crippen molar-refractivity contribution in [3.05, 3.63) is 70.2 Å². The monoisotopic (exact) mass is 318 g/mol. The van der Waals surface area contributed by atoms with E-state index in [9.17, 15) is 9.36 Å². The molecular formula is C17H16ClO2P. The molecular weight excluding hydrogens is 303 g/mol. The summed E-state index contributed by atoms with van der Waals surface area (Å²) in [6.45, 7) is 1.88. The number of Topliss-reactive ketones (excluding diaryl/α,β-unsaturated/α-hetero) is 1. The van der Waals surface area contributed by atoms with E-state index >= 15 is 0 Å². The molecule has 1 atom stereocenters. The van der Waals surface area contributed by atoms with Crippen LogP contribution >= 0.6 is 20.1 Å². The fourth-order valence-electron chi connectivity index (χ4n) is 2.43. The molecule has 0 aromatic heterocycles. The van der Waals surface area contributed by atoms with Crippen LogP contribution in [0, 0.1) is 6.92 Å². The Hall–Kier alpha value is -1.50. The largest absolute Gasteiger partial charge is 0.293 e. The van der Waals surface area contributed by atoms with E-state index < -0.39 is 0 Å². The van der Waals surface area contributed by atoms with Gasteiger partial charge in [0.25, 0.3) is 0 Å². The predicted molar refractivity (Wildman–Crippen MR) is 86.8 cm³/mol. The second-order valence-corrected chi connectivity index (χ2v) is 6.01. The van der Waals surface area contributed by atoms with Crippen molar-refractivity contribution in [3.8, 4) is 0 Å². The molecule has 1 unspecified atom stereocenters. The van der Waals surface area contributed by atoms with Crippen LogP contribution in [-0.4, -0.2) is 11.9 Å². The molecule has 0 spiro atoms. The second kappa shape index (κ2) is 7.49. The fraction of sp³-hybridized carbons (Fsp3) is 0.235. The molecule has 108 valence electrons. The minimum Gasteiger partial charge on any atom is -0.293 e. The van der Waals surface area contributed by atoms with Crippen molar-refractivity contribution in [1.82, 2.24) is 0 Å². The van der Waals surface area contributed by atoms with Gasteiger partial charge in [0.15, 0.2) is 14.2 Å². The fourth-order valence-corrected chi connectivity index (χ4v) is 3.11. The molecule has 0 saturated carbocycles. The Labute approximate surface area is 131 Å². The molecule has 0 radical (unpaired) electrons. The molecule has 0 saturated heterocycles. The summed E-state index contributed by atoms with van der Waals surface area (Å²) in [5, 5.41) is 0.473. The van der Waals surface area contributed by atoms with E-state index in [4.69, 9.17) is 11.6 Å². The Morgan fingerprint density at radius 1 is 1.14 bits per heavy atom. The van der Waals surface area contributed by atoms with Gasteiger partial charge < -0.3 is 0 Å². The van der Waals surface area contributed by atoms with Gasteiger partial charge in [0, 0.05) is 17.6 Å². The third kappa shape index (κ3) is 3.78. The summed E-state index contributed by atoms with van der Waals surface area (Å²) in [7, 11) is 0.0578. The lowest BCUT2D eigenvalue weighted by Gasteiger charge is -2.17. The van der Waals surface area contributed by atoms with Gasteiger partial charge in [-0.3, -0.25) is 9.36 Å². The molecule has 0 aliphatic carbocycles. The van der Waals surface area contributed by atoms with Gasteiger partial charge in [0.2, 0.25) is 0 Å².